The van der Waals surface area contributed by atoms with Crippen LogP contribution in [0.5, 0.6) is 0 Å². The molecule has 1 aliphatic rings. The van der Waals surface area contributed by atoms with Gasteiger partial charge >= 0.3 is 0 Å². The summed E-state index contributed by atoms with van der Waals surface area (Å²) in [6.45, 7) is 1.59. The first-order chi connectivity index (χ1) is 14.5. The minimum absolute atomic E-state index is 0.0545. The fourth-order valence-corrected chi connectivity index (χ4v) is 3.73. The molecule has 1 atom stereocenters. The van der Waals surface area contributed by atoms with Crippen molar-refractivity contribution in [3.8, 4) is 11.3 Å². The zero-order valence-corrected chi connectivity index (χ0v) is 17.2. The molecule has 2 N–H and O–H groups in total. The number of halogens is 1. The van der Waals surface area contributed by atoms with Crippen LogP contribution >= 0.6 is 0 Å². The molecule has 1 saturated heterocycles. The van der Waals surface area contributed by atoms with E-state index in [1.807, 2.05) is 49.3 Å². The molecule has 1 amide bonds. The van der Waals surface area contributed by atoms with Crippen molar-refractivity contribution in [1.82, 2.24) is 15.5 Å². The Morgan fingerprint density at radius 1 is 1.17 bits per heavy atom. The first-order valence-electron chi connectivity index (χ1n) is 10.1. The molecule has 2 aromatic carbocycles. The first-order valence-corrected chi connectivity index (χ1v) is 10.1. The Morgan fingerprint density at radius 3 is 2.60 bits per heavy atom. The van der Waals surface area contributed by atoms with Crippen molar-refractivity contribution >= 4 is 17.4 Å². The van der Waals surface area contributed by atoms with Gasteiger partial charge in [0.15, 0.2) is 5.82 Å². The molecule has 0 unspecified atom stereocenters. The summed E-state index contributed by atoms with van der Waals surface area (Å²) in [5.74, 6) is 0.522. The zero-order valence-electron chi connectivity index (χ0n) is 17.2. The van der Waals surface area contributed by atoms with Crippen LogP contribution in [0, 0.1) is 5.82 Å². The zero-order chi connectivity index (χ0) is 21.1. The molecule has 0 radical (unpaired) electrons. The van der Waals surface area contributed by atoms with Crippen LogP contribution in [-0.2, 0) is 0 Å². The maximum atomic E-state index is 13.2. The van der Waals surface area contributed by atoms with Crippen molar-refractivity contribution in [3.63, 3.8) is 0 Å². The number of anilines is 2. The van der Waals surface area contributed by atoms with Crippen LogP contribution in [0.15, 0.2) is 54.6 Å². The molecular weight excluding hydrogens is 381 g/mol. The maximum absolute atomic E-state index is 13.2. The van der Waals surface area contributed by atoms with Crippen LogP contribution in [-0.4, -0.2) is 49.3 Å². The van der Waals surface area contributed by atoms with E-state index in [-0.39, 0.29) is 17.8 Å². The highest BCUT2D eigenvalue weighted by Crippen LogP contribution is 2.24. The van der Waals surface area contributed by atoms with Gasteiger partial charge in [0.1, 0.15) is 5.82 Å². The molecule has 0 aliphatic carbocycles. The molecule has 0 spiro atoms. The summed E-state index contributed by atoms with van der Waals surface area (Å²) >= 11 is 0. The molecule has 4 rings (SSSR count). The lowest BCUT2D eigenvalue weighted by Gasteiger charge is -2.33. The fourth-order valence-electron chi connectivity index (χ4n) is 3.73. The van der Waals surface area contributed by atoms with Gasteiger partial charge in [-0.2, -0.15) is 5.10 Å². The first kappa shape index (κ1) is 19.9. The number of nitrogens with one attached hydrogen (secondary N) is 2. The maximum Gasteiger partial charge on any atom is 0.251 e. The minimum Gasteiger partial charge on any atom is -0.378 e. The Hall–Kier alpha value is -3.35. The van der Waals surface area contributed by atoms with Gasteiger partial charge in [-0.3, -0.25) is 9.89 Å². The van der Waals surface area contributed by atoms with Crippen molar-refractivity contribution in [3.05, 3.63) is 66.0 Å². The number of carbonyl (C=O) groups is 1. The van der Waals surface area contributed by atoms with Gasteiger partial charge in [0.25, 0.3) is 5.91 Å². The summed E-state index contributed by atoms with van der Waals surface area (Å²) in [7, 11) is 3.95. The molecule has 2 heterocycles. The molecule has 30 heavy (non-hydrogen) atoms. The van der Waals surface area contributed by atoms with Crippen molar-refractivity contribution in [2.75, 3.05) is 37.0 Å². The van der Waals surface area contributed by atoms with E-state index in [9.17, 15) is 9.18 Å². The van der Waals surface area contributed by atoms with Crippen LogP contribution in [0.25, 0.3) is 11.3 Å². The second kappa shape index (κ2) is 8.57. The van der Waals surface area contributed by atoms with Crippen LogP contribution in [0.4, 0.5) is 15.9 Å². The molecule has 7 heteroatoms. The number of carbonyl (C=O) groups excluding carboxylic acids is 1. The van der Waals surface area contributed by atoms with Crippen molar-refractivity contribution in [2.24, 2.45) is 0 Å². The Kier molecular flexibility index (Phi) is 5.70. The number of H-pyrrole nitrogens is 1. The molecule has 0 saturated carbocycles. The van der Waals surface area contributed by atoms with E-state index in [1.165, 1.54) is 12.1 Å². The number of piperidine rings is 1. The highest BCUT2D eigenvalue weighted by molar-refractivity contribution is 5.94. The second-order valence-electron chi connectivity index (χ2n) is 7.85. The summed E-state index contributed by atoms with van der Waals surface area (Å²) in [5.41, 5.74) is 3.46. The van der Waals surface area contributed by atoms with E-state index in [4.69, 9.17) is 0 Å². The van der Waals surface area contributed by atoms with E-state index >= 15 is 0 Å². The number of benzene rings is 2. The van der Waals surface area contributed by atoms with Crippen LogP contribution in [0.3, 0.4) is 0 Å². The number of aromatic amines is 1. The summed E-state index contributed by atoms with van der Waals surface area (Å²) in [5, 5.41) is 10.6. The topological polar surface area (TPSA) is 64.3 Å². The monoisotopic (exact) mass is 407 g/mol. The van der Waals surface area contributed by atoms with E-state index in [0.29, 0.717) is 12.1 Å². The predicted octanol–water partition coefficient (Wildman–Crippen LogP) is 3.68. The number of hydrogen-bond acceptors (Lipinski definition) is 4. The molecule has 156 valence electrons. The smallest absolute Gasteiger partial charge is 0.251 e. The van der Waals surface area contributed by atoms with E-state index in [0.717, 1.165) is 42.1 Å². The number of aromatic nitrogens is 2. The quantitative estimate of drug-likeness (QED) is 0.677. The second-order valence-corrected chi connectivity index (χ2v) is 7.85. The van der Waals surface area contributed by atoms with Gasteiger partial charge in [-0.05, 0) is 66.9 Å². The highest BCUT2D eigenvalue weighted by Gasteiger charge is 2.23. The molecule has 6 nitrogen and oxygen atoms in total. The SMILES string of the molecule is CN(C)c1ccc(C(=O)N[C@@H]2CCCN(c3cc(-c4ccc(F)cc4)[nH]n3)C2)cc1. The Bertz CT molecular complexity index is 997. The lowest BCUT2D eigenvalue weighted by molar-refractivity contribution is 0.0933. The Morgan fingerprint density at radius 2 is 1.90 bits per heavy atom. The normalized spacial score (nSPS) is 16.4. The Balaban J connectivity index is 1.39. The third-order valence-electron chi connectivity index (χ3n) is 5.45. The molecule has 0 bridgehead atoms. The van der Waals surface area contributed by atoms with Gasteiger partial charge in [0.2, 0.25) is 0 Å². The van der Waals surface area contributed by atoms with Crippen LogP contribution in [0.2, 0.25) is 0 Å². The van der Waals surface area contributed by atoms with Gasteiger partial charge in [-0.15, -0.1) is 0 Å². The third kappa shape index (κ3) is 4.45. The molecule has 1 fully saturated rings. The summed E-state index contributed by atoms with van der Waals surface area (Å²) in [4.78, 5) is 16.8. The number of amides is 1. The lowest BCUT2D eigenvalue weighted by Crippen LogP contribution is -2.48. The number of nitrogens with zero attached hydrogens (tertiary/aromatic N) is 3. The fraction of sp³-hybridized carbons (Fsp3) is 0.304. The molecule has 1 aliphatic heterocycles. The van der Waals surface area contributed by atoms with E-state index in [2.05, 4.69) is 20.4 Å². The largest absolute Gasteiger partial charge is 0.378 e. The average Bonchev–Trinajstić information content (AvgIpc) is 3.25. The summed E-state index contributed by atoms with van der Waals surface area (Å²) in [6.07, 6.45) is 1.91. The number of hydrogen-bond donors (Lipinski definition) is 2. The molecule has 3 aromatic rings. The molecule has 1 aromatic heterocycles. The summed E-state index contributed by atoms with van der Waals surface area (Å²) in [6, 6.07) is 16.0. The van der Waals surface area contributed by atoms with Crippen molar-refractivity contribution in [1.29, 1.82) is 0 Å². The van der Waals surface area contributed by atoms with Gasteiger partial charge in [-0.25, -0.2) is 4.39 Å². The standard InChI is InChI=1S/C23H26FN5O/c1-28(2)20-11-7-17(8-12-20)23(30)25-19-4-3-13-29(15-19)22-14-21(26-27-22)16-5-9-18(24)10-6-16/h5-12,14,19H,3-4,13,15H2,1-2H3,(H,25,30)(H,26,27)/t19-/m1/s1. The van der Waals surface area contributed by atoms with Gasteiger partial charge in [0.05, 0.1) is 5.69 Å². The predicted molar refractivity (Wildman–Crippen MR) is 117 cm³/mol. The average molecular weight is 407 g/mol. The third-order valence-corrected chi connectivity index (χ3v) is 5.45. The van der Waals surface area contributed by atoms with E-state index in [1.54, 1.807) is 12.1 Å². The number of rotatable bonds is 5. The van der Waals surface area contributed by atoms with Crippen molar-refractivity contribution in [2.45, 2.75) is 18.9 Å². The summed E-state index contributed by atoms with van der Waals surface area (Å²) < 4.78 is 13.2. The van der Waals surface area contributed by atoms with Crippen LogP contribution in [0.1, 0.15) is 23.2 Å². The van der Waals surface area contributed by atoms with Gasteiger partial charge < -0.3 is 15.1 Å². The van der Waals surface area contributed by atoms with E-state index < -0.39 is 0 Å². The highest BCUT2D eigenvalue weighted by atomic mass is 19.1. The lowest BCUT2D eigenvalue weighted by atomic mass is 10.0. The van der Waals surface area contributed by atoms with Crippen molar-refractivity contribution < 1.29 is 9.18 Å². The van der Waals surface area contributed by atoms with Gasteiger partial charge in [0, 0.05) is 50.5 Å². The minimum atomic E-state index is -0.260. The molecular formula is C23H26FN5O. The van der Waals surface area contributed by atoms with Gasteiger partial charge in [-0.1, -0.05) is 0 Å². The Labute approximate surface area is 175 Å². The van der Waals surface area contributed by atoms with Crippen LogP contribution < -0.4 is 15.1 Å².